The first-order valence-electron chi connectivity index (χ1n) is 6.92. The van der Waals surface area contributed by atoms with E-state index in [1.54, 1.807) is 24.4 Å². The molecule has 0 amide bonds. The van der Waals surface area contributed by atoms with Crippen molar-refractivity contribution in [3.8, 4) is 11.6 Å². The van der Waals surface area contributed by atoms with E-state index < -0.39 is 0 Å². The fraction of sp³-hybridized carbons (Fsp3) is 0.312. The molecule has 2 aromatic rings. The van der Waals surface area contributed by atoms with Crippen molar-refractivity contribution in [3.63, 3.8) is 0 Å². The zero-order valence-electron chi connectivity index (χ0n) is 12.1. The van der Waals surface area contributed by atoms with Crippen LogP contribution in [0.25, 0.3) is 0 Å². The minimum Gasteiger partial charge on any atom is -0.439 e. The maximum absolute atomic E-state index is 5.98. The molecule has 1 atom stereocenters. The molecule has 3 nitrogen and oxygen atoms in total. The summed E-state index contributed by atoms with van der Waals surface area (Å²) in [4.78, 5) is 4.22. The Bertz CT molecular complexity index is 605. The monoisotopic (exact) mass is 324 g/mol. The van der Waals surface area contributed by atoms with Crippen LogP contribution in [0.5, 0.6) is 11.6 Å². The highest BCUT2D eigenvalue weighted by Gasteiger charge is 2.07. The summed E-state index contributed by atoms with van der Waals surface area (Å²) in [5.74, 6) is 1.15. The average molecular weight is 325 g/mol. The maximum atomic E-state index is 5.98. The van der Waals surface area contributed by atoms with Crippen molar-refractivity contribution >= 4 is 23.2 Å². The van der Waals surface area contributed by atoms with Crippen LogP contribution in [0.4, 0.5) is 0 Å². The van der Waals surface area contributed by atoms with Crippen molar-refractivity contribution in [2.45, 2.75) is 26.3 Å². The van der Waals surface area contributed by atoms with Crippen LogP contribution >= 0.6 is 23.2 Å². The van der Waals surface area contributed by atoms with E-state index in [2.05, 4.69) is 24.1 Å². The molecule has 0 aliphatic rings. The molecule has 0 bridgehead atoms. The number of hydrogen-bond donors (Lipinski definition) is 1. The summed E-state index contributed by atoms with van der Waals surface area (Å²) in [5, 5.41) is 4.40. The first-order valence-corrected chi connectivity index (χ1v) is 7.68. The van der Waals surface area contributed by atoms with Crippen molar-refractivity contribution in [1.29, 1.82) is 0 Å². The number of nitrogens with one attached hydrogen (secondary N) is 1. The topological polar surface area (TPSA) is 34.2 Å². The second-order valence-electron chi connectivity index (χ2n) is 4.78. The Morgan fingerprint density at radius 1 is 1.19 bits per heavy atom. The lowest BCUT2D eigenvalue weighted by molar-refractivity contribution is 0.460. The molecule has 0 spiro atoms. The lowest BCUT2D eigenvalue weighted by Crippen LogP contribution is -2.19. The van der Waals surface area contributed by atoms with E-state index in [-0.39, 0.29) is 6.04 Å². The van der Waals surface area contributed by atoms with Crippen molar-refractivity contribution in [2.75, 3.05) is 6.54 Å². The van der Waals surface area contributed by atoms with E-state index >= 15 is 0 Å². The van der Waals surface area contributed by atoms with E-state index in [1.807, 2.05) is 12.1 Å². The van der Waals surface area contributed by atoms with Crippen LogP contribution < -0.4 is 10.1 Å². The van der Waals surface area contributed by atoms with Crippen LogP contribution in [0, 0.1) is 0 Å². The molecule has 1 aromatic heterocycles. The van der Waals surface area contributed by atoms with Gasteiger partial charge in [-0.05, 0) is 43.7 Å². The number of nitrogens with zero attached hydrogens (tertiary/aromatic N) is 1. The van der Waals surface area contributed by atoms with Crippen LogP contribution in [-0.2, 0) is 0 Å². The first kappa shape index (κ1) is 16.1. The third kappa shape index (κ3) is 4.60. The maximum Gasteiger partial charge on any atom is 0.219 e. The summed E-state index contributed by atoms with van der Waals surface area (Å²) in [7, 11) is 0. The zero-order chi connectivity index (χ0) is 15.2. The van der Waals surface area contributed by atoms with Crippen molar-refractivity contribution in [2.24, 2.45) is 0 Å². The quantitative estimate of drug-likeness (QED) is 0.788. The van der Waals surface area contributed by atoms with Gasteiger partial charge in [-0.15, -0.1) is 0 Å². The Morgan fingerprint density at radius 2 is 2.00 bits per heavy atom. The fourth-order valence-electron chi connectivity index (χ4n) is 1.89. The van der Waals surface area contributed by atoms with Gasteiger partial charge in [0.25, 0.3) is 0 Å². The summed E-state index contributed by atoms with van der Waals surface area (Å²) in [5.41, 5.74) is 1.13. The largest absolute Gasteiger partial charge is 0.439 e. The minimum absolute atomic E-state index is 0.254. The average Bonchev–Trinajstić information content (AvgIpc) is 2.49. The molecule has 112 valence electrons. The van der Waals surface area contributed by atoms with E-state index in [9.17, 15) is 0 Å². The van der Waals surface area contributed by atoms with Crippen LogP contribution in [0.3, 0.4) is 0 Å². The van der Waals surface area contributed by atoms with Gasteiger partial charge in [-0.1, -0.05) is 30.1 Å². The number of rotatable bonds is 6. The Morgan fingerprint density at radius 3 is 2.71 bits per heavy atom. The number of hydrogen-bond acceptors (Lipinski definition) is 3. The van der Waals surface area contributed by atoms with Crippen molar-refractivity contribution in [3.05, 3.63) is 52.1 Å². The molecule has 1 aromatic carbocycles. The number of benzene rings is 1. The molecule has 0 saturated carbocycles. The second kappa shape index (κ2) is 7.64. The van der Waals surface area contributed by atoms with E-state index in [4.69, 9.17) is 27.9 Å². The van der Waals surface area contributed by atoms with Crippen molar-refractivity contribution in [1.82, 2.24) is 10.3 Å². The molecule has 1 unspecified atom stereocenters. The summed E-state index contributed by atoms with van der Waals surface area (Å²) in [6, 6.07) is 9.31. The van der Waals surface area contributed by atoms with Gasteiger partial charge in [-0.2, -0.15) is 0 Å². The van der Waals surface area contributed by atoms with Gasteiger partial charge in [0.15, 0.2) is 0 Å². The predicted octanol–water partition coefficient (Wildman–Crippen LogP) is 5.24. The molecule has 1 heterocycles. The van der Waals surface area contributed by atoms with Gasteiger partial charge in [0.1, 0.15) is 5.75 Å². The van der Waals surface area contributed by atoms with Gasteiger partial charge >= 0.3 is 0 Å². The first-order chi connectivity index (χ1) is 10.1. The number of pyridine rings is 1. The molecular weight excluding hydrogens is 307 g/mol. The SMILES string of the molecule is CCCNC(C)c1ccnc(Oc2ccc(Cl)c(Cl)c2)c1. The fourth-order valence-corrected chi connectivity index (χ4v) is 2.18. The summed E-state index contributed by atoms with van der Waals surface area (Å²) in [6.45, 7) is 5.24. The van der Waals surface area contributed by atoms with E-state index in [0.717, 1.165) is 18.5 Å². The Balaban J connectivity index is 2.11. The van der Waals surface area contributed by atoms with Crippen molar-refractivity contribution < 1.29 is 4.74 Å². The number of ether oxygens (including phenoxy) is 1. The number of aromatic nitrogens is 1. The molecule has 0 aliphatic carbocycles. The highest BCUT2D eigenvalue weighted by atomic mass is 35.5. The molecule has 0 radical (unpaired) electrons. The van der Waals surface area contributed by atoms with Gasteiger partial charge in [0.2, 0.25) is 5.88 Å². The van der Waals surface area contributed by atoms with E-state index in [1.165, 1.54) is 0 Å². The Hall–Kier alpha value is -1.29. The highest BCUT2D eigenvalue weighted by molar-refractivity contribution is 6.42. The number of halogens is 2. The standard InChI is InChI=1S/C16H18Cl2N2O/c1-3-7-19-11(2)12-6-8-20-16(9-12)21-13-4-5-14(17)15(18)10-13/h4-6,8-11,19H,3,7H2,1-2H3. The van der Waals surface area contributed by atoms with Gasteiger partial charge in [0.05, 0.1) is 10.0 Å². The zero-order valence-corrected chi connectivity index (χ0v) is 13.6. The molecule has 0 aliphatic heterocycles. The Labute approximate surface area is 135 Å². The van der Waals surface area contributed by atoms with Gasteiger partial charge in [-0.3, -0.25) is 0 Å². The minimum atomic E-state index is 0.254. The molecule has 5 heteroatoms. The lowest BCUT2D eigenvalue weighted by atomic mass is 10.1. The summed E-state index contributed by atoms with van der Waals surface area (Å²) < 4.78 is 5.73. The van der Waals surface area contributed by atoms with Gasteiger partial charge in [0, 0.05) is 24.4 Å². The smallest absolute Gasteiger partial charge is 0.219 e. The second-order valence-corrected chi connectivity index (χ2v) is 5.60. The molecule has 0 saturated heterocycles. The Kier molecular flexibility index (Phi) is 5.85. The van der Waals surface area contributed by atoms with Gasteiger partial charge < -0.3 is 10.1 Å². The predicted molar refractivity (Wildman–Crippen MR) is 87.5 cm³/mol. The van der Waals surface area contributed by atoms with E-state index in [0.29, 0.717) is 21.7 Å². The lowest BCUT2D eigenvalue weighted by Gasteiger charge is -2.14. The molecule has 21 heavy (non-hydrogen) atoms. The van der Waals surface area contributed by atoms with Crippen LogP contribution in [0.2, 0.25) is 10.0 Å². The molecular formula is C16H18Cl2N2O. The van der Waals surface area contributed by atoms with Crippen LogP contribution in [0.1, 0.15) is 31.9 Å². The molecule has 0 fully saturated rings. The van der Waals surface area contributed by atoms with Crippen LogP contribution in [-0.4, -0.2) is 11.5 Å². The highest BCUT2D eigenvalue weighted by Crippen LogP contribution is 2.29. The summed E-state index contributed by atoms with van der Waals surface area (Å²) >= 11 is 11.9. The normalized spacial score (nSPS) is 12.2. The third-order valence-corrected chi connectivity index (χ3v) is 3.81. The summed E-state index contributed by atoms with van der Waals surface area (Å²) in [6.07, 6.45) is 2.84. The molecule has 2 rings (SSSR count). The third-order valence-electron chi connectivity index (χ3n) is 3.07. The molecule has 1 N–H and O–H groups in total. The van der Waals surface area contributed by atoms with Gasteiger partial charge in [-0.25, -0.2) is 4.98 Å². The van der Waals surface area contributed by atoms with Crippen LogP contribution in [0.15, 0.2) is 36.5 Å².